The fraction of sp³-hybridized carbons (Fsp3) is 0.333. The standard InChI is InChI=1S/C24H25N3O/c1-15-8-9-22-18(12-15)20-14-26(3)11-10-23(20)27(22)24(28)19-13-16(2)25-21-7-5-4-6-17(19)21/h4-9,12-13,20,23H,10-11,14H2,1-3H3. The maximum absolute atomic E-state index is 13.9. The fourth-order valence-corrected chi connectivity index (χ4v) is 4.96. The van der Waals surface area contributed by atoms with E-state index in [2.05, 4.69) is 47.0 Å². The smallest absolute Gasteiger partial charge is 0.259 e. The zero-order valence-electron chi connectivity index (χ0n) is 16.6. The number of piperidine rings is 1. The minimum absolute atomic E-state index is 0.101. The van der Waals surface area contributed by atoms with E-state index in [1.165, 1.54) is 11.1 Å². The summed E-state index contributed by atoms with van der Waals surface area (Å²) < 4.78 is 0. The molecule has 0 aliphatic carbocycles. The summed E-state index contributed by atoms with van der Waals surface area (Å²) in [5.74, 6) is 0.482. The molecule has 2 atom stereocenters. The number of pyridine rings is 1. The summed E-state index contributed by atoms with van der Waals surface area (Å²) in [6, 6.07) is 16.7. The van der Waals surface area contributed by atoms with E-state index in [1.807, 2.05) is 37.3 Å². The van der Waals surface area contributed by atoms with Gasteiger partial charge in [-0.25, -0.2) is 0 Å². The molecule has 4 nitrogen and oxygen atoms in total. The van der Waals surface area contributed by atoms with Crippen molar-refractivity contribution in [3.05, 3.63) is 70.9 Å². The third-order valence-corrected chi connectivity index (χ3v) is 6.25. The van der Waals surface area contributed by atoms with Crippen LogP contribution in [0.3, 0.4) is 0 Å². The highest BCUT2D eigenvalue weighted by Crippen LogP contribution is 2.45. The van der Waals surface area contributed by atoms with E-state index < -0.39 is 0 Å². The fourth-order valence-electron chi connectivity index (χ4n) is 4.96. The number of amides is 1. The number of likely N-dealkylation sites (tertiary alicyclic amines) is 1. The molecule has 3 aromatic rings. The molecule has 1 fully saturated rings. The molecular weight excluding hydrogens is 346 g/mol. The molecule has 142 valence electrons. The predicted octanol–water partition coefficient (Wildman–Crippen LogP) is 4.30. The number of likely N-dealkylation sites (N-methyl/N-ethyl adjacent to an activating group) is 1. The summed E-state index contributed by atoms with van der Waals surface area (Å²) in [5.41, 5.74) is 6.18. The van der Waals surface area contributed by atoms with Gasteiger partial charge in [-0.05, 0) is 57.6 Å². The van der Waals surface area contributed by atoms with Crippen LogP contribution in [0, 0.1) is 13.8 Å². The number of aromatic nitrogens is 1. The van der Waals surface area contributed by atoms with Crippen molar-refractivity contribution in [3.63, 3.8) is 0 Å². The average Bonchev–Trinajstić information content (AvgIpc) is 2.99. The lowest BCUT2D eigenvalue weighted by molar-refractivity contribution is 0.0966. The number of aryl methyl sites for hydroxylation is 2. The van der Waals surface area contributed by atoms with Crippen LogP contribution in [0.1, 0.15) is 39.5 Å². The minimum Gasteiger partial charge on any atom is -0.306 e. The van der Waals surface area contributed by atoms with Gasteiger partial charge in [0.2, 0.25) is 0 Å². The number of carbonyl (C=O) groups is 1. The van der Waals surface area contributed by atoms with Gasteiger partial charge in [0.15, 0.2) is 0 Å². The molecule has 0 saturated carbocycles. The Morgan fingerprint density at radius 2 is 1.93 bits per heavy atom. The molecule has 4 heteroatoms. The highest BCUT2D eigenvalue weighted by molar-refractivity contribution is 6.15. The quantitative estimate of drug-likeness (QED) is 0.640. The molecule has 2 unspecified atom stereocenters. The Labute approximate surface area is 165 Å². The second-order valence-corrected chi connectivity index (χ2v) is 8.29. The van der Waals surface area contributed by atoms with Crippen LogP contribution in [0.15, 0.2) is 48.5 Å². The Morgan fingerprint density at radius 1 is 1.11 bits per heavy atom. The molecule has 28 heavy (non-hydrogen) atoms. The molecule has 2 aromatic carbocycles. The highest BCUT2D eigenvalue weighted by atomic mass is 16.2. The van der Waals surface area contributed by atoms with Crippen molar-refractivity contribution in [1.82, 2.24) is 9.88 Å². The number of fused-ring (bicyclic) bond motifs is 4. The molecule has 2 aliphatic heterocycles. The molecule has 3 heterocycles. The molecule has 2 aliphatic rings. The summed E-state index contributed by atoms with van der Waals surface area (Å²) in [6.45, 7) is 6.12. The van der Waals surface area contributed by atoms with E-state index in [0.717, 1.165) is 47.4 Å². The Morgan fingerprint density at radius 3 is 2.79 bits per heavy atom. The third kappa shape index (κ3) is 2.63. The van der Waals surface area contributed by atoms with Gasteiger partial charge in [-0.2, -0.15) is 0 Å². The number of carbonyl (C=O) groups excluding carboxylic acids is 1. The molecule has 1 aromatic heterocycles. The SMILES string of the molecule is Cc1ccc2c(c1)C1CN(C)CCC1N2C(=O)c1cc(C)nc2ccccc12. The first-order valence-electron chi connectivity index (χ1n) is 10.0. The van der Waals surface area contributed by atoms with Crippen LogP contribution in [0.2, 0.25) is 0 Å². The predicted molar refractivity (Wildman–Crippen MR) is 113 cm³/mol. The lowest BCUT2D eigenvalue weighted by Gasteiger charge is -2.36. The van der Waals surface area contributed by atoms with E-state index in [-0.39, 0.29) is 11.9 Å². The van der Waals surface area contributed by atoms with Crippen molar-refractivity contribution in [2.75, 3.05) is 25.0 Å². The molecule has 0 N–H and O–H groups in total. The second kappa shape index (κ2) is 6.42. The van der Waals surface area contributed by atoms with Gasteiger partial charge in [0.1, 0.15) is 0 Å². The molecule has 0 bridgehead atoms. The van der Waals surface area contributed by atoms with E-state index in [9.17, 15) is 4.79 Å². The number of hydrogen-bond acceptors (Lipinski definition) is 3. The number of nitrogens with zero attached hydrogens (tertiary/aromatic N) is 3. The number of hydrogen-bond donors (Lipinski definition) is 0. The molecule has 0 radical (unpaired) electrons. The number of para-hydroxylation sites is 1. The lowest BCUT2D eigenvalue weighted by Crippen LogP contribution is -2.47. The molecule has 0 spiro atoms. The zero-order valence-corrected chi connectivity index (χ0v) is 16.6. The Balaban J connectivity index is 1.66. The summed E-state index contributed by atoms with van der Waals surface area (Å²) in [4.78, 5) is 23.0. The van der Waals surface area contributed by atoms with Crippen LogP contribution in [0.4, 0.5) is 5.69 Å². The number of rotatable bonds is 1. The third-order valence-electron chi connectivity index (χ3n) is 6.25. The molecule has 5 rings (SSSR count). The molecular formula is C24H25N3O. The lowest BCUT2D eigenvalue weighted by atomic mass is 9.88. The largest absolute Gasteiger partial charge is 0.306 e. The van der Waals surface area contributed by atoms with Gasteiger partial charge in [-0.15, -0.1) is 0 Å². The second-order valence-electron chi connectivity index (χ2n) is 8.29. The molecule has 1 saturated heterocycles. The van der Waals surface area contributed by atoms with Gasteiger partial charge in [0.25, 0.3) is 5.91 Å². The van der Waals surface area contributed by atoms with Crippen LogP contribution < -0.4 is 4.90 Å². The van der Waals surface area contributed by atoms with Crippen molar-refractivity contribution in [2.24, 2.45) is 0 Å². The van der Waals surface area contributed by atoms with Crippen LogP contribution >= 0.6 is 0 Å². The monoisotopic (exact) mass is 371 g/mol. The zero-order chi connectivity index (χ0) is 19.4. The van der Waals surface area contributed by atoms with Gasteiger partial charge in [0.05, 0.1) is 11.1 Å². The van der Waals surface area contributed by atoms with Crippen LogP contribution in [-0.2, 0) is 0 Å². The topological polar surface area (TPSA) is 36.4 Å². The Hall–Kier alpha value is -2.72. The van der Waals surface area contributed by atoms with Gasteiger partial charge in [-0.1, -0.05) is 35.9 Å². The van der Waals surface area contributed by atoms with E-state index in [1.54, 1.807) is 0 Å². The maximum Gasteiger partial charge on any atom is 0.259 e. The number of benzene rings is 2. The van der Waals surface area contributed by atoms with Crippen molar-refractivity contribution in [3.8, 4) is 0 Å². The van der Waals surface area contributed by atoms with Crippen LogP contribution in [0.5, 0.6) is 0 Å². The van der Waals surface area contributed by atoms with Crippen molar-refractivity contribution >= 4 is 22.5 Å². The van der Waals surface area contributed by atoms with Crippen molar-refractivity contribution in [2.45, 2.75) is 32.2 Å². The highest BCUT2D eigenvalue weighted by Gasteiger charge is 2.44. The van der Waals surface area contributed by atoms with E-state index in [0.29, 0.717) is 5.92 Å². The first kappa shape index (κ1) is 17.4. The first-order valence-corrected chi connectivity index (χ1v) is 10.0. The average molecular weight is 371 g/mol. The van der Waals surface area contributed by atoms with Crippen molar-refractivity contribution in [1.29, 1.82) is 0 Å². The van der Waals surface area contributed by atoms with E-state index >= 15 is 0 Å². The summed E-state index contributed by atoms with van der Waals surface area (Å²) in [7, 11) is 2.18. The summed E-state index contributed by atoms with van der Waals surface area (Å²) in [5, 5.41) is 0.933. The van der Waals surface area contributed by atoms with Gasteiger partial charge < -0.3 is 9.80 Å². The first-order chi connectivity index (χ1) is 13.5. The van der Waals surface area contributed by atoms with Crippen LogP contribution in [0.25, 0.3) is 10.9 Å². The molecule has 1 amide bonds. The summed E-state index contributed by atoms with van der Waals surface area (Å²) in [6.07, 6.45) is 1.00. The van der Waals surface area contributed by atoms with Crippen molar-refractivity contribution < 1.29 is 4.79 Å². The van der Waals surface area contributed by atoms with Gasteiger partial charge in [0, 0.05) is 35.3 Å². The minimum atomic E-state index is 0.101. The van der Waals surface area contributed by atoms with Crippen LogP contribution in [-0.4, -0.2) is 42.0 Å². The van der Waals surface area contributed by atoms with Gasteiger partial charge >= 0.3 is 0 Å². The normalized spacial score (nSPS) is 21.6. The Kier molecular flexibility index (Phi) is 3.98. The maximum atomic E-state index is 13.9. The van der Waals surface area contributed by atoms with E-state index in [4.69, 9.17) is 0 Å². The Bertz CT molecular complexity index is 1090. The number of anilines is 1. The van der Waals surface area contributed by atoms with Gasteiger partial charge in [-0.3, -0.25) is 9.78 Å². The summed E-state index contributed by atoms with van der Waals surface area (Å²) >= 11 is 0.